The quantitative estimate of drug-likeness (QED) is 0.640. The van der Waals surface area contributed by atoms with E-state index in [4.69, 9.17) is 20.4 Å². The van der Waals surface area contributed by atoms with Gasteiger partial charge in [0, 0.05) is 0 Å². The van der Waals surface area contributed by atoms with Crippen LogP contribution < -0.4 is 0 Å². The van der Waals surface area contributed by atoms with Crippen LogP contribution in [-0.2, 0) is 9.59 Å². The smallest absolute Gasteiger partial charge is 0.222 e. The third-order valence-corrected chi connectivity index (χ3v) is 2.62. The van der Waals surface area contributed by atoms with Gasteiger partial charge in [0.15, 0.2) is 0 Å². The van der Waals surface area contributed by atoms with E-state index in [0.717, 1.165) is 24.0 Å². The summed E-state index contributed by atoms with van der Waals surface area (Å²) >= 11 is 0. The maximum atomic E-state index is 8.35. The number of rotatable bonds is 3. The maximum absolute atomic E-state index is 8.35. The number of nitrogens with one attached hydrogen (secondary N) is 2. The zero-order valence-electron chi connectivity index (χ0n) is 11.9. The molecule has 0 saturated carbocycles. The number of hydrogen-bond acceptors (Lipinski definition) is 4. The molecule has 4 heteroatoms. The van der Waals surface area contributed by atoms with E-state index in [2.05, 4.69) is 58.0 Å². The van der Waals surface area contributed by atoms with Gasteiger partial charge >= 0.3 is 0 Å². The van der Waals surface area contributed by atoms with E-state index in [1.165, 1.54) is 5.56 Å². The van der Waals surface area contributed by atoms with Gasteiger partial charge in [-0.25, -0.2) is 20.4 Å². The first-order valence-corrected chi connectivity index (χ1v) is 6.08. The molecule has 0 radical (unpaired) electrons. The zero-order chi connectivity index (χ0) is 15.3. The lowest BCUT2D eigenvalue weighted by molar-refractivity contribution is 0.388. The molecule has 0 spiro atoms. The first-order chi connectivity index (χ1) is 8.95. The van der Waals surface area contributed by atoms with Gasteiger partial charge in [0.1, 0.15) is 0 Å². The lowest BCUT2D eigenvalue weighted by atomic mass is 9.80. The Morgan fingerprint density at radius 3 is 1.42 bits per heavy atom. The fourth-order valence-electron chi connectivity index (χ4n) is 2.21. The average molecular weight is 262 g/mol. The van der Waals surface area contributed by atoms with Gasteiger partial charge < -0.3 is 0 Å². The number of carbonyl (C=O) groups excluding carboxylic acids is 2. The summed E-state index contributed by atoms with van der Waals surface area (Å²) in [5, 5.41) is 10.8. The molecule has 0 bridgehead atoms. The van der Waals surface area contributed by atoms with Crippen molar-refractivity contribution in [2.24, 2.45) is 11.8 Å². The lowest BCUT2D eigenvalue weighted by Crippen LogP contribution is -2.13. The molecule has 4 nitrogen and oxygen atoms in total. The molecule has 0 amide bonds. The zero-order valence-corrected chi connectivity index (χ0v) is 11.9. The first-order valence-electron chi connectivity index (χ1n) is 6.08. The van der Waals surface area contributed by atoms with Gasteiger partial charge in [0.2, 0.25) is 12.2 Å². The fourth-order valence-corrected chi connectivity index (χ4v) is 2.21. The van der Waals surface area contributed by atoms with Gasteiger partial charge in [0.05, 0.1) is 0 Å². The highest BCUT2D eigenvalue weighted by atomic mass is 16.1. The van der Waals surface area contributed by atoms with Crippen molar-refractivity contribution < 1.29 is 9.59 Å². The molecular formula is C15H22N2O2. The Labute approximate surface area is 114 Å². The maximum Gasteiger partial charge on any atom is 0.231 e. The summed E-state index contributed by atoms with van der Waals surface area (Å²) in [6.07, 6.45) is 1.50. The molecule has 1 aromatic carbocycles. The molecule has 1 rings (SSSR count). The average Bonchev–Trinajstić information content (AvgIpc) is 2.31. The van der Waals surface area contributed by atoms with E-state index in [0.29, 0.717) is 5.92 Å². The molecule has 0 unspecified atom stereocenters. The van der Waals surface area contributed by atoms with E-state index in [1.807, 2.05) is 0 Å². The Hall–Kier alpha value is -2.02. The Balaban J connectivity index is 0. The summed E-state index contributed by atoms with van der Waals surface area (Å²) in [7, 11) is 0. The molecule has 104 valence electrons. The SMILES string of the molecule is CC(C)C(c1ccccc1)C(C)C.N=C=O.N=C=O. The predicted molar refractivity (Wildman–Crippen MR) is 75.7 cm³/mol. The van der Waals surface area contributed by atoms with Crippen LogP contribution in [0.5, 0.6) is 0 Å². The molecular weight excluding hydrogens is 240 g/mol. The van der Waals surface area contributed by atoms with Crippen LogP contribution in [0.3, 0.4) is 0 Å². The summed E-state index contributed by atoms with van der Waals surface area (Å²) in [6, 6.07) is 10.8. The van der Waals surface area contributed by atoms with E-state index < -0.39 is 0 Å². The molecule has 0 fully saturated rings. The van der Waals surface area contributed by atoms with Gasteiger partial charge in [-0.05, 0) is 23.3 Å². The van der Waals surface area contributed by atoms with Crippen molar-refractivity contribution in [2.45, 2.75) is 33.6 Å². The van der Waals surface area contributed by atoms with Crippen molar-refractivity contribution in [1.82, 2.24) is 0 Å². The van der Waals surface area contributed by atoms with E-state index in [1.54, 1.807) is 0 Å². The second-order valence-corrected chi connectivity index (χ2v) is 4.63. The minimum absolute atomic E-state index is 0.696. The second-order valence-electron chi connectivity index (χ2n) is 4.63. The largest absolute Gasteiger partial charge is 0.231 e. The van der Waals surface area contributed by atoms with Crippen LogP contribution in [0.15, 0.2) is 30.3 Å². The fraction of sp³-hybridized carbons (Fsp3) is 0.467. The summed E-state index contributed by atoms with van der Waals surface area (Å²) < 4.78 is 0. The standard InChI is InChI=1S/C13H20.2CHNO/c1-10(2)13(11(3)4)12-8-6-5-7-9-12;2*2-1-3/h5-11,13H,1-4H3;2*2H. The van der Waals surface area contributed by atoms with Crippen molar-refractivity contribution in [3.63, 3.8) is 0 Å². The first kappa shape index (κ1) is 19.3. The second kappa shape index (κ2) is 12.4. The molecule has 0 aliphatic heterocycles. The molecule has 0 atom stereocenters. The van der Waals surface area contributed by atoms with Crippen molar-refractivity contribution in [1.29, 1.82) is 10.8 Å². The highest BCUT2D eigenvalue weighted by Crippen LogP contribution is 2.31. The molecule has 0 aliphatic rings. The third kappa shape index (κ3) is 9.66. The van der Waals surface area contributed by atoms with Crippen molar-refractivity contribution in [2.75, 3.05) is 0 Å². The van der Waals surface area contributed by atoms with Crippen LogP contribution in [0, 0.1) is 22.7 Å². The summed E-state index contributed by atoms with van der Waals surface area (Å²) in [5.74, 6) is 2.14. The molecule has 0 heterocycles. The van der Waals surface area contributed by atoms with Gasteiger partial charge in [-0.15, -0.1) is 0 Å². The Morgan fingerprint density at radius 1 is 0.842 bits per heavy atom. The Bertz CT molecular complexity index is 368. The summed E-state index contributed by atoms with van der Waals surface area (Å²) in [5.41, 5.74) is 1.48. The van der Waals surface area contributed by atoms with Gasteiger partial charge in [-0.1, -0.05) is 58.0 Å². The minimum atomic E-state index is 0.696. The van der Waals surface area contributed by atoms with E-state index >= 15 is 0 Å². The van der Waals surface area contributed by atoms with Gasteiger partial charge in [-0.2, -0.15) is 0 Å². The number of isocyanates is 2. The highest BCUT2D eigenvalue weighted by Gasteiger charge is 2.18. The Kier molecular flexibility index (Phi) is 12.6. The van der Waals surface area contributed by atoms with E-state index in [-0.39, 0.29) is 0 Å². The molecule has 0 aromatic heterocycles. The van der Waals surface area contributed by atoms with Crippen LogP contribution in [0.1, 0.15) is 39.2 Å². The summed E-state index contributed by atoms with van der Waals surface area (Å²) in [6.45, 7) is 9.21. The van der Waals surface area contributed by atoms with Gasteiger partial charge in [-0.3, -0.25) is 0 Å². The Morgan fingerprint density at radius 2 is 1.16 bits per heavy atom. The normalized spacial score (nSPS) is 8.79. The van der Waals surface area contributed by atoms with Crippen molar-refractivity contribution >= 4 is 12.2 Å². The van der Waals surface area contributed by atoms with Crippen molar-refractivity contribution in [3.05, 3.63) is 35.9 Å². The molecule has 0 aliphatic carbocycles. The highest BCUT2D eigenvalue weighted by molar-refractivity contribution is 5.26. The van der Waals surface area contributed by atoms with Crippen LogP contribution in [0.4, 0.5) is 0 Å². The molecule has 1 aromatic rings. The minimum Gasteiger partial charge on any atom is -0.222 e. The topological polar surface area (TPSA) is 81.8 Å². The lowest BCUT2D eigenvalue weighted by Gasteiger charge is -2.25. The molecule has 0 saturated heterocycles. The monoisotopic (exact) mass is 262 g/mol. The van der Waals surface area contributed by atoms with Crippen molar-refractivity contribution in [3.8, 4) is 0 Å². The van der Waals surface area contributed by atoms with Gasteiger partial charge in [0.25, 0.3) is 0 Å². The number of benzene rings is 1. The van der Waals surface area contributed by atoms with Crippen LogP contribution >= 0.6 is 0 Å². The molecule has 2 N–H and O–H groups in total. The third-order valence-electron chi connectivity index (χ3n) is 2.62. The van der Waals surface area contributed by atoms with E-state index in [9.17, 15) is 0 Å². The van der Waals surface area contributed by atoms with Crippen LogP contribution in [-0.4, -0.2) is 12.2 Å². The van der Waals surface area contributed by atoms with Crippen LogP contribution in [0.25, 0.3) is 0 Å². The van der Waals surface area contributed by atoms with Crippen LogP contribution in [0.2, 0.25) is 0 Å². The summed E-state index contributed by atoms with van der Waals surface area (Å²) in [4.78, 5) is 16.7. The number of hydrogen-bond donors (Lipinski definition) is 2. The predicted octanol–water partition coefficient (Wildman–Crippen LogP) is 3.88. The molecule has 19 heavy (non-hydrogen) atoms.